The van der Waals surface area contributed by atoms with E-state index in [0.29, 0.717) is 0 Å². The van der Waals surface area contributed by atoms with Crippen molar-refractivity contribution in [2.75, 3.05) is 0 Å². The van der Waals surface area contributed by atoms with Gasteiger partial charge in [0.15, 0.2) is 0 Å². The molecular weight excluding hydrogens is 212 g/mol. The van der Waals surface area contributed by atoms with Gasteiger partial charge in [-0.2, -0.15) is 0 Å². The fourth-order valence-corrected chi connectivity index (χ4v) is 2.70. The minimum absolute atomic E-state index is 0.802. The molecule has 3 nitrogen and oxygen atoms in total. The molecule has 0 amide bonds. The van der Waals surface area contributed by atoms with Crippen molar-refractivity contribution in [1.82, 2.24) is 4.98 Å². The molecule has 3 heteroatoms. The first-order valence-electron chi connectivity index (χ1n) is 6.21. The molecule has 1 aromatic heterocycles. The van der Waals surface area contributed by atoms with E-state index in [1.165, 1.54) is 23.8 Å². The highest BCUT2D eigenvalue weighted by Gasteiger charge is 2.17. The normalized spacial score (nSPS) is 18.9. The predicted molar refractivity (Wildman–Crippen MR) is 68.8 cm³/mol. The van der Waals surface area contributed by atoms with Crippen LogP contribution in [0.3, 0.4) is 0 Å². The van der Waals surface area contributed by atoms with E-state index < -0.39 is 0 Å². The molecular formula is C14H16N2O. The largest absolute Gasteiger partial charge is 0.411 e. The lowest BCUT2D eigenvalue weighted by atomic mass is 9.95. The molecule has 0 fully saturated rings. The number of nitrogens with zero attached hydrogens (tertiary/aromatic N) is 1. The van der Waals surface area contributed by atoms with Crippen LogP contribution < -0.4 is 0 Å². The first kappa shape index (κ1) is 10.4. The monoisotopic (exact) mass is 228 g/mol. The SMILES string of the molecule is O/N=C1\CCCCCc2c1[nH]c1ccccc21. The number of fused-ring (bicyclic) bond motifs is 3. The minimum atomic E-state index is 0.802. The fraction of sp³-hybridized carbons (Fsp3) is 0.357. The van der Waals surface area contributed by atoms with E-state index in [4.69, 9.17) is 5.21 Å². The highest BCUT2D eigenvalue weighted by Crippen LogP contribution is 2.27. The standard InChI is InChI=1S/C14H16N2O/c17-16-13-9-3-1-2-7-11-10-6-4-5-8-12(10)15-14(11)13/h4-6,8,15,17H,1-3,7,9H2/b16-13+. The lowest BCUT2D eigenvalue weighted by molar-refractivity contribution is 0.317. The van der Waals surface area contributed by atoms with Gasteiger partial charge in [0, 0.05) is 10.9 Å². The Labute approximate surface area is 100 Å². The Bertz CT molecular complexity index is 569. The molecule has 2 aromatic rings. The van der Waals surface area contributed by atoms with E-state index in [0.717, 1.165) is 36.2 Å². The van der Waals surface area contributed by atoms with Gasteiger partial charge in [0.2, 0.25) is 0 Å². The molecule has 1 aliphatic carbocycles. The minimum Gasteiger partial charge on any atom is -0.411 e. The Morgan fingerprint density at radius 1 is 1.06 bits per heavy atom. The molecule has 0 spiro atoms. The van der Waals surface area contributed by atoms with Crippen LogP contribution in [-0.4, -0.2) is 15.9 Å². The Kier molecular flexibility index (Phi) is 2.59. The van der Waals surface area contributed by atoms with Crippen LogP contribution in [0, 0.1) is 0 Å². The lowest BCUT2D eigenvalue weighted by Crippen LogP contribution is -2.08. The zero-order valence-electron chi connectivity index (χ0n) is 9.74. The zero-order chi connectivity index (χ0) is 11.7. The number of aromatic nitrogens is 1. The van der Waals surface area contributed by atoms with Gasteiger partial charge in [0.25, 0.3) is 0 Å². The van der Waals surface area contributed by atoms with E-state index in [1.54, 1.807) is 0 Å². The second-order valence-electron chi connectivity index (χ2n) is 4.63. The summed E-state index contributed by atoms with van der Waals surface area (Å²) in [5, 5.41) is 13.9. The summed E-state index contributed by atoms with van der Waals surface area (Å²) in [6.07, 6.45) is 5.45. The molecule has 0 bridgehead atoms. The average molecular weight is 228 g/mol. The number of aromatic amines is 1. The van der Waals surface area contributed by atoms with Crippen molar-refractivity contribution in [2.45, 2.75) is 32.1 Å². The van der Waals surface area contributed by atoms with Crippen molar-refractivity contribution in [1.29, 1.82) is 0 Å². The maximum absolute atomic E-state index is 9.15. The molecule has 0 saturated heterocycles. The van der Waals surface area contributed by atoms with Crippen LogP contribution >= 0.6 is 0 Å². The third-order valence-electron chi connectivity index (χ3n) is 3.56. The number of rotatable bonds is 0. The summed E-state index contributed by atoms with van der Waals surface area (Å²) in [6, 6.07) is 8.31. The molecule has 1 aliphatic rings. The van der Waals surface area contributed by atoms with Crippen molar-refractivity contribution < 1.29 is 5.21 Å². The van der Waals surface area contributed by atoms with Gasteiger partial charge in [0.05, 0.1) is 5.69 Å². The summed E-state index contributed by atoms with van der Waals surface area (Å²) in [7, 11) is 0. The van der Waals surface area contributed by atoms with Crippen molar-refractivity contribution in [3.8, 4) is 0 Å². The zero-order valence-corrected chi connectivity index (χ0v) is 9.74. The second-order valence-corrected chi connectivity index (χ2v) is 4.63. The topological polar surface area (TPSA) is 48.4 Å². The molecule has 0 saturated carbocycles. The van der Waals surface area contributed by atoms with Crippen LogP contribution in [0.1, 0.15) is 36.9 Å². The first-order valence-corrected chi connectivity index (χ1v) is 6.21. The van der Waals surface area contributed by atoms with Gasteiger partial charge in [0.1, 0.15) is 5.71 Å². The molecule has 0 unspecified atom stereocenters. The van der Waals surface area contributed by atoms with Gasteiger partial charge in [-0.1, -0.05) is 29.8 Å². The third kappa shape index (κ3) is 1.71. The summed E-state index contributed by atoms with van der Waals surface area (Å²) in [4.78, 5) is 3.39. The summed E-state index contributed by atoms with van der Waals surface area (Å²) in [5.41, 5.74) is 4.29. The van der Waals surface area contributed by atoms with Crippen LogP contribution in [0.5, 0.6) is 0 Å². The van der Waals surface area contributed by atoms with Crippen LogP contribution in [0.15, 0.2) is 29.4 Å². The van der Waals surface area contributed by atoms with Gasteiger partial charge in [-0.3, -0.25) is 0 Å². The van der Waals surface area contributed by atoms with Gasteiger partial charge in [-0.15, -0.1) is 0 Å². The Morgan fingerprint density at radius 3 is 2.76 bits per heavy atom. The van der Waals surface area contributed by atoms with Gasteiger partial charge in [-0.25, -0.2) is 0 Å². The van der Waals surface area contributed by atoms with E-state index in [-0.39, 0.29) is 0 Å². The fourth-order valence-electron chi connectivity index (χ4n) is 2.70. The lowest BCUT2D eigenvalue weighted by Gasteiger charge is -2.10. The van der Waals surface area contributed by atoms with Gasteiger partial charge >= 0.3 is 0 Å². The van der Waals surface area contributed by atoms with Gasteiger partial charge < -0.3 is 10.2 Å². The van der Waals surface area contributed by atoms with Crippen LogP contribution in [0.4, 0.5) is 0 Å². The Morgan fingerprint density at radius 2 is 1.88 bits per heavy atom. The Hall–Kier alpha value is -1.77. The number of hydrogen-bond acceptors (Lipinski definition) is 2. The molecule has 17 heavy (non-hydrogen) atoms. The molecule has 0 aliphatic heterocycles. The van der Waals surface area contributed by atoms with Crippen molar-refractivity contribution in [3.05, 3.63) is 35.5 Å². The molecule has 1 heterocycles. The van der Waals surface area contributed by atoms with E-state index in [9.17, 15) is 0 Å². The maximum Gasteiger partial charge on any atom is 0.103 e. The second kappa shape index (κ2) is 4.24. The number of nitrogens with one attached hydrogen (secondary N) is 1. The maximum atomic E-state index is 9.15. The number of aryl methyl sites for hydroxylation is 1. The third-order valence-corrected chi connectivity index (χ3v) is 3.56. The summed E-state index contributed by atoms with van der Waals surface area (Å²) < 4.78 is 0. The number of para-hydroxylation sites is 1. The van der Waals surface area contributed by atoms with E-state index >= 15 is 0 Å². The quantitative estimate of drug-likeness (QED) is 0.526. The van der Waals surface area contributed by atoms with Crippen LogP contribution in [0.25, 0.3) is 10.9 Å². The smallest absolute Gasteiger partial charge is 0.103 e. The molecule has 1 aromatic carbocycles. The first-order chi connectivity index (χ1) is 8.40. The van der Waals surface area contributed by atoms with Gasteiger partial charge in [-0.05, 0) is 37.3 Å². The van der Waals surface area contributed by atoms with Crippen molar-refractivity contribution >= 4 is 16.6 Å². The van der Waals surface area contributed by atoms with E-state index in [1.807, 2.05) is 6.07 Å². The highest BCUT2D eigenvalue weighted by atomic mass is 16.4. The van der Waals surface area contributed by atoms with Crippen LogP contribution in [0.2, 0.25) is 0 Å². The van der Waals surface area contributed by atoms with Crippen molar-refractivity contribution in [3.63, 3.8) is 0 Å². The summed E-state index contributed by atoms with van der Waals surface area (Å²) >= 11 is 0. The molecule has 88 valence electrons. The van der Waals surface area contributed by atoms with Crippen LogP contribution in [-0.2, 0) is 6.42 Å². The molecule has 3 rings (SSSR count). The Balaban J connectivity index is 2.24. The van der Waals surface area contributed by atoms with Crippen molar-refractivity contribution in [2.24, 2.45) is 5.16 Å². The number of H-pyrrole nitrogens is 1. The highest BCUT2D eigenvalue weighted by molar-refractivity contribution is 6.05. The number of oxime groups is 1. The summed E-state index contributed by atoms with van der Waals surface area (Å²) in [5.74, 6) is 0. The predicted octanol–water partition coefficient (Wildman–Crippen LogP) is 3.46. The summed E-state index contributed by atoms with van der Waals surface area (Å²) in [6.45, 7) is 0. The average Bonchev–Trinajstić information content (AvgIpc) is 2.68. The molecule has 0 radical (unpaired) electrons. The molecule has 2 N–H and O–H groups in total. The van der Waals surface area contributed by atoms with E-state index in [2.05, 4.69) is 28.3 Å². The molecule has 0 atom stereocenters. The number of benzene rings is 1. The number of hydrogen-bond donors (Lipinski definition) is 2.